The van der Waals surface area contributed by atoms with Gasteiger partial charge >= 0.3 is 0 Å². The largest absolute Gasteiger partial charge is 0.338 e. The summed E-state index contributed by atoms with van der Waals surface area (Å²) < 4.78 is 0. The van der Waals surface area contributed by atoms with Crippen LogP contribution in [0.15, 0.2) is 73.2 Å². The molecule has 2 heterocycles. The van der Waals surface area contributed by atoms with Gasteiger partial charge in [0.25, 0.3) is 5.91 Å². The van der Waals surface area contributed by atoms with Crippen LogP contribution in [0.4, 0.5) is 17.2 Å². The van der Waals surface area contributed by atoms with E-state index in [-0.39, 0.29) is 11.6 Å². The van der Waals surface area contributed by atoms with Gasteiger partial charge in [-0.05, 0) is 29.7 Å². The first-order valence-corrected chi connectivity index (χ1v) is 9.45. The Morgan fingerprint density at radius 2 is 1.69 bits per heavy atom. The molecule has 0 saturated carbocycles. The Hall–Kier alpha value is -3.80. The van der Waals surface area contributed by atoms with Gasteiger partial charge in [0, 0.05) is 23.3 Å². The second-order valence-corrected chi connectivity index (χ2v) is 6.99. The predicted octanol–water partition coefficient (Wildman–Crippen LogP) is 5.14. The summed E-state index contributed by atoms with van der Waals surface area (Å²) in [5, 5.41) is 7.22. The van der Waals surface area contributed by atoms with Crippen LogP contribution in [0, 0.1) is 0 Å². The third-order valence-electron chi connectivity index (χ3n) is 4.63. The highest BCUT2D eigenvalue weighted by molar-refractivity contribution is 6.04. The molecule has 6 heteroatoms. The molecule has 0 bridgehead atoms. The van der Waals surface area contributed by atoms with Crippen molar-refractivity contribution in [2.45, 2.75) is 19.8 Å². The summed E-state index contributed by atoms with van der Waals surface area (Å²) >= 11 is 0. The molecule has 2 aromatic heterocycles. The Morgan fingerprint density at radius 3 is 2.55 bits per heavy atom. The molecule has 0 unspecified atom stereocenters. The summed E-state index contributed by atoms with van der Waals surface area (Å²) in [7, 11) is 0. The van der Waals surface area contributed by atoms with E-state index in [1.165, 1.54) is 6.33 Å². The van der Waals surface area contributed by atoms with Gasteiger partial charge in [0.2, 0.25) is 0 Å². The molecule has 6 nitrogen and oxygen atoms in total. The number of nitrogens with one attached hydrogen (secondary N) is 2. The van der Waals surface area contributed by atoms with Crippen LogP contribution in [0.5, 0.6) is 0 Å². The zero-order chi connectivity index (χ0) is 20.2. The van der Waals surface area contributed by atoms with Gasteiger partial charge in [-0.25, -0.2) is 9.97 Å². The highest BCUT2D eigenvalue weighted by Gasteiger charge is 2.13. The molecule has 0 aliphatic heterocycles. The molecule has 0 saturated heterocycles. The predicted molar refractivity (Wildman–Crippen MR) is 116 cm³/mol. The fourth-order valence-electron chi connectivity index (χ4n) is 3.19. The average molecular weight is 383 g/mol. The normalized spacial score (nSPS) is 10.9. The molecule has 0 aliphatic rings. The number of benzene rings is 2. The van der Waals surface area contributed by atoms with Crippen LogP contribution in [-0.2, 0) is 0 Å². The molecule has 2 N–H and O–H groups in total. The lowest BCUT2D eigenvalue weighted by Gasteiger charge is -2.13. The molecule has 0 spiro atoms. The number of para-hydroxylation sites is 2. The lowest BCUT2D eigenvalue weighted by atomic mass is 10.0. The maximum atomic E-state index is 12.8. The zero-order valence-corrected chi connectivity index (χ0v) is 16.3. The number of carbonyl (C=O) groups is 1. The number of anilines is 3. The van der Waals surface area contributed by atoms with Crippen molar-refractivity contribution in [1.82, 2.24) is 15.0 Å². The van der Waals surface area contributed by atoms with E-state index in [2.05, 4.69) is 39.4 Å². The summed E-state index contributed by atoms with van der Waals surface area (Å²) in [5.41, 5.74) is 3.81. The van der Waals surface area contributed by atoms with E-state index >= 15 is 0 Å². The van der Waals surface area contributed by atoms with Crippen LogP contribution in [0.2, 0.25) is 0 Å². The molecular formula is C23H21N5O. The van der Waals surface area contributed by atoms with E-state index in [0.29, 0.717) is 11.7 Å². The number of aromatic nitrogens is 3. The van der Waals surface area contributed by atoms with Gasteiger partial charge in [-0.1, -0.05) is 50.2 Å². The van der Waals surface area contributed by atoms with E-state index < -0.39 is 0 Å². The number of nitrogens with zero attached hydrogens (tertiary/aromatic N) is 3. The van der Waals surface area contributed by atoms with Crippen molar-refractivity contribution in [2.24, 2.45) is 0 Å². The molecule has 2 aromatic carbocycles. The summed E-state index contributed by atoms with van der Waals surface area (Å²) in [6.45, 7) is 4.19. The quantitative estimate of drug-likeness (QED) is 0.498. The summed E-state index contributed by atoms with van der Waals surface area (Å²) in [6, 6.07) is 19.2. The van der Waals surface area contributed by atoms with E-state index in [4.69, 9.17) is 0 Å². The van der Waals surface area contributed by atoms with E-state index in [0.717, 1.165) is 27.8 Å². The Morgan fingerprint density at radius 1 is 0.897 bits per heavy atom. The van der Waals surface area contributed by atoms with Crippen LogP contribution in [0.25, 0.3) is 10.9 Å². The molecular weight excluding hydrogens is 362 g/mol. The van der Waals surface area contributed by atoms with Crippen molar-refractivity contribution in [1.29, 1.82) is 0 Å². The van der Waals surface area contributed by atoms with E-state index in [1.54, 1.807) is 12.3 Å². The third kappa shape index (κ3) is 4.06. The molecule has 4 aromatic rings. The van der Waals surface area contributed by atoms with Gasteiger partial charge in [0.05, 0.1) is 11.2 Å². The number of hydrogen-bond donors (Lipinski definition) is 2. The average Bonchev–Trinajstić information content (AvgIpc) is 2.74. The Bertz CT molecular complexity index is 1170. The van der Waals surface area contributed by atoms with Gasteiger partial charge < -0.3 is 10.6 Å². The minimum absolute atomic E-state index is 0.278. The highest BCUT2D eigenvalue weighted by Crippen LogP contribution is 2.25. The first kappa shape index (κ1) is 18.6. The number of hydrogen-bond acceptors (Lipinski definition) is 5. The maximum absolute atomic E-state index is 12.8. The Kier molecular flexibility index (Phi) is 5.16. The smallest absolute Gasteiger partial charge is 0.274 e. The number of rotatable bonds is 5. The number of pyridine rings is 1. The van der Waals surface area contributed by atoms with Crippen LogP contribution in [-0.4, -0.2) is 20.9 Å². The van der Waals surface area contributed by atoms with Crippen molar-refractivity contribution in [3.63, 3.8) is 0 Å². The van der Waals surface area contributed by atoms with Crippen molar-refractivity contribution in [2.75, 3.05) is 10.6 Å². The monoisotopic (exact) mass is 383 g/mol. The minimum Gasteiger partial charge on any atom is -0.338 e. The van der Waals surface area contributed by atoms with Crippen molar-refractivity contribution in [3.8, 4) is 0 Å². The molecule has 4 rings (SSSR count). The number of amides is 1. The second-order valence-electron chi connectivity index (χ2n) is 6.99. The van der Waals surface area contributed by atoms with Crippen molar-refractivity contribution in [3.05, 3.63) is 84.4 Å². The maximum Gasteiger partial charge on any atom is 0.274 e. The zero-order valence-electron chi connectivity index (χ0n) is 16.3. The van der Waals surface area contributed by atoms with Crippen LogP contribution in [0.1, 0.15) is 35.8 Å². The molecule has 29 heavy (non-hydrogen) atoms. The fourth-order valence-corrected chi connectivity index (χ4v) is 3.19. The third-order valence-corrected chi connectivity index (χ3v) is 4.63. The molecule has 0 fully saturated rings. The van der Waals surface area contributed by atoms with Gasteiger partial charge in [-0.2, -0.15) is 0 Å². The van der Waals surface area contributed by atoms with Crippen LogP contribution >= 0.6 is 0 Å². The van der Waals surface area contributed by atoms with E-state index in [1.807, 2.05) is 54.6 Å². The lowest BCUT2D eigenvalue weighted by molar-refractivity contribution is 0.102. The molecule has 0 aliphatic carbocycles. The highest BCUT2D eigenvalue weighted by atomic mass is 16.1. The lowest BCUT2D eigenvalue weighted by Crippen LogP contribution is -2.15. The van der Waals surface area contributed by atoms with Crippen LogP contribution in [0.3, 0.4) is 0 Å². The van der Waals surface area contributed by atoms with E-state index in [9.17, 15) is 4.79 Å². The summed E-state index contributed by atoms with van der Waals surface area (Å²) in [5.74, 6) is 0.549. The van der Waals surface area contributed by atoms with Crippen molar-refractivity contribution < 1.29 is 4.79 Å². The first-order chi connectivity index (χ1) is 14.1. The Labute approximate surface area is 169 Å². The van der Waals surface area contributed by atoms with Crippen molar-refractivity contribution >= 4 is 34.0 Å². The fraction of sp³-hybridized carbons (Fsp3) is 0.130. The molecule has 0 radical (unpaired) electrons. The molecule has 0 atom stereocenters. The number of fused-ring (bicyclic) bond motifs is 1. The molecule has 1 amide bonds. The minimum atomic E-state index is -0.278. The first-order valence-electron chi connectivity index (χ1n) is 9.45. The van der Waals surface area contributed by atoms with Gasteiger partial charge in [0.1, 0.15) is 17.8 Å². The summed E-state index contributed by atoms with van der Waals surface area (Å²) in [4.78, 5) is 25.6. The van der Waals surface area contributed by atoms with Gasteiger partial charge in [-0.3, -0.25) is 9.78 Å². The SMILES string of the molecule is CC(C)c1ccccc1NC(=O)c1cc(Nc2cccc3cccnc23)ncn1. The second kappa shape index (κ2) is 8.06. The Balaban J connectivity index is 1.58. The molecule has 144 valence electrons. The summed E-state index contributed by atoms with van der Waals surface area (Å²) in [6.07, 6.45) is 3.13. The van der Waals surface area contributed by atoms with Gasteiger partial charge in [0.15, 0.2) is 0 Å². The standard InChI is InChI=1S/C23H21N5O/c1-15(2)17-9-3-4-10-18(17)28-23(29)20-13-21(26-14-25-20)27-19-11-5-7-16-8-6-12-24-22(16)19/h3-15H,1-2H3,(H,28,29)(H,25,26,27). The van der Waals surface area contributed by atoms with Crippen LogP contribution < -0.4 is 10.6 Å². The van der Waals surface area contributed by atoms with Gasteiger partial charge in [-0.15, -0.1) is 0 Å². The topological polar surface area (TPSA) is 79.8 Å². The number of carbonyl (C=O) groups excluding carboxylic acids is 1.